The van der Waals surface area contributed by atoms with Crippen molar-refractivity contribution in [3.63, 3.8) is 0 Å². The molecule has 0 spiro atoms. The zero-order valence-electron chi connectivity index (χ0n) is 14.6. The second-order valence-electron chi connectivity index (χ2n) is 6.06. The third kappa shape index (κ3) is 4.25. The maximum absolute atomic E-state index is 13.0. The Bertz CT molecular complexity index is 857. The van der Waals surface area contributed by atoms with Gasteiger partial charge in [-0.3, -0.25) is 4.79 Å². The number of nitrogens with zero attached hydrogens (tertiary/aromatic N) is 1. The number of amides is 1. The van der Waals surface area contributed by atoms with Gasteiger partial charge in [-0.15, -0.1) is 0 Å². The summed E-state index contributed by atoms with van der Waals surface area (Å²) in [6.45, 7) is 3.21. The molecule has 1 aliphatic rings. The lowest BCUT2D eigenvalue weighted by Crippen LogP contribution is -2.28. The van der Waals surface area contributed by atoms with Crippen molar-refractivity contribution in [2.75, 3.05) is 25.0 Å². The van der Waals surface area contributed by atoms with Gasteiger partial charge in [-0.1, -0.05) is 0 Å². The minimum absolute atomic E-state index is 0.106. The number of thiophene rings is 1. The average Bonchev–Trinajstić information content (AvgIpc) is 3.30. The van der Waals surface area contributed by atoms with Gasteiger partial charge in [0.15, 0.2) is 0 Å². The molecule has 0 bridgehead atoms. The molecule has 1 aromatic carbocycles. The second-order valence-corrected chi connectivity index (χ2v) is 8.75. The van der Waals surface area contributed by atoms with E-state index in [0.717, 1.165) is 18.4 Å². The Morgan fingerprint density at radius 2 is 2.04 bits per heavy atom. The zero-order chi connectivity index (χ0) is 18.6. The van der Waals surface area contributed by atoms with Crippen LogP contribution in [0.5, 0.6) is 5.75 Å². The van der Waals surface area contributed by atoms with Gasteiger partial charge in [0.25, 0.3) is 0 Å². The summed E-state index contributed by atoms with van der Waals surface area (Å²) in [4.78, 5) is 12.3. The standard InChI is InChI=1S/C18H22N2O4S2/c1-2-24-16-6-5-15(19-18(21)11-14-7-10-25-13-14)12-17(16)26(22,23)20-8-3-4-9-20/h5-7,10,12-13H,2-4,8-9,11H2,1H3,(H,19,21). The number of sulfonamides is 1. The van der Waals surface area contributed by atoms with Crippen molar-refractivity contribution in [3.05, 3.63) is 40.6 Å². The van der Waals surface area contributed by atoms with E-state index in [9.17, 15) is 13.2 Å². The van der Waals surface area contributed by atoms with Gasteiger partial charge in [-0.25, -0.2) is 8.42 Å². The summed E-state index contributed by atoms with van der Waals surface area (Å²) in [5, 5.41) is 6.61. The third-order valence-corrected chi connectivity index (χ3v) is 6.81. The van der Waals surface area contributed by atoms with Crippen molar-refractivity contribution in [1.82, 2.24) is 4.31 Å². The van der Waals surface area contributed by atoms with Crippen LogP contribution in [0.3, 0.4) is 0 Å². The summed E-state index contributed by atoms with van der Waals surface area (Å²) >= 11 is 1.53. The van der Waals surface area contributed by atoms with Crippen molar-refractivity contribution in [3.8, 4) is 5.75 Å². The molecule has 1 fully saturated rings. The van der Waals surface area contributed by atoms with Gasteiger partial charge in [-0.05, 0) is 60.4 Å². The van der Waals surface area contributed by atoms with Gasteiger partial charge in [0, 0.05) is 18.8 Å². The number of hydrogen-bond donors (Lipinski definition) is 1. The highest BCUT2D eigenvalue weighted by atomic mass is 32.2. The smallest absolute Gasteiger partial charge is 0.246 e. The number of hydrogen-bond acceptors (Lipinski definition) is 5. The summed E-state index contributed by atoms with van der Waals surface area (Å²) in [5.74, 6) is 0.132. The zero-order valence-corrected chi connectivity index (χ0v) is 16.2. The Morgan fingerprint density at radius 3 is 2.69 bits per heavy atom. The number of rotatable bonds is 7. The van der Waals surface area contributed by atoms with E-state index in [-0.39, 0.29) is 17.2 Å². The normalized spacial score (nSPS) is 15.1. The fraction of sp³-hybridized carbons (Fsp3) is 0.389. The van der Waals surface area contributed by atoms with Crippen molar-refractivity contribution in [2.24, 2.45) is 0 Å². The predicted molar refractivity (Wildman–Crippen MR) is 102 cm³/mol. The van der Waals surface area contributed by atoms with E-state index < -0.39 is 10.0 Å². The van der Waals surface area contributed by atoms with Gasteiger partial charge in [0.05, 0.1) is 13.0 Å². The van der Waals surface area contributed by atoms with E-state index in [4.69, 9.17) is 4.74 Å². The van der Waals surface area contributed by atoms with Crippen LogP contribution in [0.15, 0.2) is 39.9 Å². The highest BCUT2D eigenvalue weighted by Gasteiger charge is 2.30. The first-order chi connectivity index (χ1) is 12.5. The van der Waals surface area contributed by atoms with E-state index in [1.54, 1.807) is 12.1 Å². The van der Waals surface area contributed by atoms with Gasteiger partial charge < -0.3 is 10.1 Å². The van der Waals surface area contributed by atoms with Crippen molar-refractivity contribution in [2.45, 2.75) is 31.1 Å². The van der Waals surface area contributed by atoms with Crippen LogP contribution in [0.2, 0.25) is 0 Å². The van der Waals surface area contributed by atoms with E-state index in [1.807, 2.05) is 23.8 Å². The Balaban J connectivity index is 1.85. The molecule has 0 aliphatic carbocycles. The number of anilines is 1. The lowest BCUT2D eigenvalue weighted by molar-refractivity contribution is -0.115. The van der Waals surface area contributed by atoms with Gasteiger partial charge in [-0.2, -0.15) is 15.6 Å². The van der Waals surface area contributed by atoms with Crippen LogP contribution >= 0.6 is 11.3 Å². The fourth-order valence-electron chi connectivity index (χ4n) is 2.91. The predicted octanol–water partition coefficient (Wildman–Crippen LogP) is 3.11. The molecule has 2 heterocycles. The van der Waals surface area contributed by atoms with Gasteiger partial charge in [0.2, 0.25) is 15.9 Å². The molecule has 6 nitrogen and oxygen atoms in total. The summed E-state index contributed by atoms with van der Waals surface area (Å²) in [5.41, 5.74) is 1.38. The van der Waals surface area contributed by atoms with Gasteiger partial charge >= 0.3 is 0 Å². The summed E-state index contributed by atoms with van der Waals surface area (Å²) < 4.78 is 32.9. The summed E-state index contributed by atoms with van der Waals surface area (Å²) in [6, 6.07) is 6.65. The van der Waals surface area contributed by atoms with Gasteiger partial charge in [0.1, 0.15) is 10.6 Å². The summed E-state index contributed by atoms with van der Waals surface area (Å²) in [7, 11) is -3.64. The van der Waals surface area contributed by atoms with Crippen LogP contribution in [0.4, 0.5) is 5.69 Å². The molecule has 0 saturated carbocycles. The summed E-state index contributed by atoms with van der Waals surface area (Å²) in [6.07, 6.45) is 1.98. The molecular weight excluding hydrogens is 372 g/mol. The number of benzene rings is 1. The quantitative estimate of drug-likeness (QED) is 0.783. The van der Waals surface area contributed by atoms with E-state index in [1.165, 1.54) is 21.7 Å². The van der Waals surface area contributed by atoms with Crippen LogP contribution in [0.1, 0.15) is 25.3 Å². The van der Waals surface area contributed by atoms with Crippen LogP contribution < -0.4 is 10.1 Å². The highest BCUT2D eigenvalue weighted by molar-refractivity contribution is 7.89. The molecule has 0 atom stereocenters. The molecule has 0 unspecified atom stereocenters. The number of carbonyl (C=O) groups excluding carboxylic acids is 1. The minimum Gasteiger partial charge on any atom is -0.492 e. The molecule has 1 saturated heterocycles. The van der Waals surface area contributed by atoms with Crippen molar-refractivity contribution in [1.29, 1.82) is 0 Å². The molecule has 1 aliphatic heterocycles. The molecule has 1 aromatic heterocycles. The molecule has 140 valence electrons. The van der Waals surface area contributed by atoms with E-state index >= 15 is 0 Å². The molecular formula is C18H22N2O4S2. The Hall–Kier alpha value is -1.90. The second kappa shape index (κ2) is 8.20. The van der Waals surface area contributed by atoms with Crippen LogP contribution in [0.25, 0.3) is 0 Å². The van der Waals surface area contributed by atoms with Crippen LogP contribution in [-0.4, -0.2) is 38.3 Å². The first kappa shape index (κ1) is 18.9. The number of carbonyl (C=O) groups is 1. The number of ether oxygens (including phenoxy) is 1. The topological polar surface area (TPSA) is 75.7 Å². The maximum Gasteiger partial charge on any atom is 0.246 e. The Morgan fingerprint density at radius 1 is 1.27 bits per heavy atom. The average molecular weight is 395 g/mol. The largest absolute Gasteiger partial charge is 0.492 e. The number of nitrogens with one attached hydrogen (secondary N) is 1. The highest BCUT2D eigenvalue weighted by Crippen LogP contribution is 2.31. The van der Waals surface area contributed by atoms with E-state index in [0.29, 0.717) is 31.1 Å². The third-order valence-electron chi connectivity index (χ3n) is 4.15. The van der Waals surface area contributed by atoms with Crippen molar-refractivity contribution < 1.29 is 17.9 Å². The Kier molecular flexibility index (Phi) is 5.95. The SMILES string of the molecule is CCOc1ccc(NC(=O)Cc2ccsc2)cc1S(=O)(=O)N1CCCC1. The maximum atomic E-state index is 13.0. The fourth-order valence-corrected chi connectivity index (χ4v) is 5.26. The lowest BCUT2D eigenvalue weighted by atomic mass is 10.2. The molecule has 2 aromatic rings. The van der Waals surface area contributed by atoms with E-state index in [2.05, 4.69) is 5.32 Å². The lowest BCUT2D eigenvalue weighted by Gasteiger charge is -2.19. The molecule has 26 heavy (non-hydrogen) atoms. The van der Waals surface area contributed by atoms with Crippen LogP contribution in [0, 0.1) is 0 Å². The minimum atomic E-state index is -3.64. The first-order valence-electron chi connectivity index (χ1n) is 8.58. The molecule has 1 amide bonds. The molecule has 1 N–H and O–H groups in total. The molecule has 8 heteroatoms. The van der Waals surface area contributed by atoms with Crippen molar-refractivity contribution >= 4 is 33.0 Å². The monoisotopic (exact) mass is 394 g/mol. The molecule has 0 radical (unpaired) electrons. The first-order valence-corrected chi connectivity index (χ1v) is 11.0. The Labute approximate surface area is 157 Å². The molecule has 3 rings (SSSR count). The van der Waals surface area contributed by atoms with Crippen LogP contribution in [-0.2, 0) is 21.2 Å².